The molecule has 0 radical (unpaired) electrons. The molecule has 1 aliphatic rings. The Morgan fingerprint density at radius 1 is 1.20 bits per heavy atom. The first kappa shape index (κ1) is 18.0. The summed E-state index contributed by atoms with van der Waals surface area (Å²) in [6.45, 7) is 1.98. The molecule has 8 nitrogen and oxygen atoms in total. The predicted molar refractivity (Wildman–Crippen MR) is 110 cm³/mol. The van der Waals surface area contributed by atoms with Crippen LogP contribution in [0.5, 0.6) is 0 Å². The lowest BCUT2D eigenvalue weighted by atomic mass is 9.67. The monoisotopic (exact) mass is 394 g/mol. The van der Waals surface area contributed by atoms with Gasteiger partial charge in [-0.05, 0) is 50.1 Å². The van der Waals surface area contributed by atoms with E-state index >= 15 is 0 Å². The summed E-state index contributed by atoms with van der Waals surface area (Å²) in [4.78, 5) is 9.36. The van der Waals surface area contributed by atoms with E-state index in [-0.39, 0.29) is 5.92 Å². The Balaban J connectivity index is 1.66. The van der Waals surface area contributed by atoms with E-state index in [1.165, 1.54) is 0 Å². The summed E-state index contributed by atoms with van der Waals surface area (Å²) >= 11 is 0. The van der Waals surface area contributed by atoms with Crippen LogP contribution in [0.2, 0.25) is 0 Å². The second-order valence-electron chi connectivity index (χ2n) is 7.76. The van der Waals surface area contributed by atoms with Crippen LogP contribution in [0.25, 0.3) is 33.7 Å². The van der Waals surface area contributed by atoms with Crippen LogP contribution in [0.15, 0.2) is 42.7 Å². The Morgan fingerprint density at radius 2 is 2.07 bits per heavy atom. The molecular weight excluding hydrogens is 376 g/mol. The van der Waals surface area contributed by atoms with Crippen LogP contribution in [0.4, 0.5) is 0 Å². The Kier molecular flexibility index (Phi) is 4.07. The number of hydrogen-bond acceptors (Lipinski definition) is 6. The summed E-state index contributed by atoms with van der Waals surface area (Å²) in [5.41, 5.74) is 4.23. The van der Waals surface area contributed by atoms with Crippen molar-refractivity contribution < 1.29 is 0 Å². The Labute approximate surface area is 172 Å². The third-order valence-corrected chi connectivity index (χ3v) is 5.79. The Morgan fingerprint density at radius 3 is 2.80 bits per heavy atom. The van der Waals surface area contributed by atoms with Gasteiger partial charge in [0.25, 0.3) is 0 Å². The quantitative estimate of drug-likeness (QED) is 0.563. The van der Waals surface area contributed by atoms with Crippen LogP contribution < -0.4 is 0 Å². The summed E-state index contributed by atoms with van der Waals surface area (Å²) in [6.07, 6.45) is 5.12. The minimum Gasteiger partial charge on any atom is -0.285 e. The number of fused-ring (bicyclic) bond motifs is 1. The molecule has 0 aliphatic heterocycles. The second kappa shape index (κ2) is 6.78. The van der Waals surface area contributed by atoms with E-state index in [2.05, 4.69) is 27.3 Å². The van der Waals surface area contributed by atoms with Crippen molar-refractivity contribution in [1.29, 1.82) is 10.5 Å². The molecule has 0 amide bonds. The zero-order chi connectivity index (χ0) is 20.7. The van der Waals surface area contributed by atoms with E-state index in [9.17, 15) is 10.5 Å². The number of H-pyrrole nitrogens is 1. The van der Waals surface area contributed by atoms with Gasteiger partial charge in [0, 0.05) is 23.5 Å². The van der Waals surface area contributed by atoms with E-state index in [1.54, 1.807) is 12.4 Å². The molecular formula is C22H18N8. The molecule has 0 atom stereocenters. The smallest absolute Gasteiger partial charge is 0.112 e. The van der Waals surface area contributed by atoms with Crippen molar-refractivity contribution in [1.82, 2.24) is 29.9 Å². The van der Waals surface area contributed by atoms with E-state index in [0.29, 0.717) is 25.0 Å². The zero-order valence-corrected chi connectivity index (χ0v) is 16.4. The lowest BCUT2D eigenvalue weighted by Gasteiger charge is -2.44. The molecule has 1 fully saturated rings. The van der Waals surface area contributed by atoms with E-state index in [0.717, 1.165) is 33.7 Å². The van der Waals surface area contributed by atoms with Gasteiger partial charge >= 0.3 is 0 Å². The summed E-state index contributed by atoms with van der Waals surface area (Å²) < 4.78 is 1.92. The van der Waals surface area contributed by atoms with Crippen molar-refractivity contribution in [2.24, 2.45) is 5.92 Å². The van der Waals surface area contributed by atoms with Crippen molar-refractivity contribution >= 4 is 10.9 Å². The summed E-state index contributed by atoms with van der Waals surface area (Å²) in [7, 11) is 0. The number of nitrogens with zero attached hydrogens (tertiary/aromatic N) is 7. The standard InChI is InChI=1S/C22H18N8/c1-14-9-20(29-30(14)22(5-6-23)11-15(12-22)13-24)21-16-3-2-7-25-18(16)10-19(27-21)17-4-8-26-28-17/h2-4,7-10,15H,5,11-12H2,1H3,(H,26,28)/t15-,22-. The lowest BCUT2D eigenvalue weighted by molar-refractivity contribution is 0.0859. The molecule has 1 N–H and O–H groups in total. The molecule has 4 aromatic rings. The fourth-order valence-electron chi connectivity index (χ4n) is 4.36. The first-order valence-corrected chi connectivity index (χ1v) is 9.73. The number of rotatable bonds is 4. The minimum absolute atomic E-state index is 0.0310. The Hall–Kier alpha value is -4.04. The molecule has 4 aromatic heterocycles. The molecule has 4 heterocycles. The van der Waals surface area contributed by atoms with Gasteiger partial charge in [0.1, 0.15) is 17.1 Å². The predicted octanol–water partition coefficient (Wildman–Crippen LogP) is 3.73. The molecule has 1 aliphatic carbocycles. The van der Waals surface area contributed by atoms with Crippen molar-refractivity contribution in [3.63, 3.8) is 0 Å². The average molecular weight is 394 g/mol. The fourth-order valence-corrected chi connectivity index (χ4v) is 4.36. The maximum absolute atomic E-state index is 9.38. The van der Waals surface area contributed by atoms with Gasteiger partial charge in [-0.3, -0.25) is 14.8 Å². The molecule has 146 valence electrons. The van der Waals surface area contributed by atoms with E-state index in [4.69, 9.17) is 10.1 Å². The van der Waals surface area contributed by atoms with Gasteiger partial charge in [0.2, 0.25) is 0 Å². The summed E-state index contributed by atoms with van der Waals surface area (Å²) in [6, 6.07) is 14.2. The van der Waals surface area contributed by atoms with Crippen molar-refractivity contribution in [2.45, 2.75) is 31.7 Å². The number of hydrogen-bond donors (Lipinski definition) is 1. The molecule has 30 heavy (non-hydrogen) atoms. The third kappa shape index (κ3) is 2.73. The van der Waals surface area contributed by atoms with Gasteiger partial charge in [0.15, 0.2) is 0 Å². The highest BCUT2D eigenvalue weighted by atomic mass is 15.3. The third-order valence-electron chi connectivity index (χ3n) is 5.79. The highest BCUT2D eigenvalue weighted by molar-refractivity contribution is 5.93. The van der Waals surface area contributed by atoms with Crippen LogP contribution in [0.1, 0.15) is 25.0 Å². The summed E-state index contributed by atoms with van der Waals surface area (Å²) in [5, 5.41) is 31.5. The van der Waals surface area contributed by atoms with Gasteiger partial charge in [-0.15, -0.1) is 0 Å². The van der Waals surface area contributed by atoms with Crippen LogP contribution >= 0.6 is 0 Å². The van der Waals surface area contributed by atoms with Crippen molar-refractivity contribution in [2.75, 3.05) is 0 Å². The second-order valence-corrected chi connectivity index (χ2v) is 7.76. The van der Waals surface area contributed by atoms with Gasteiger partial charge in [0.05, 0.1) is 41.2 Å². The van der Waals surface area contributed by atoms with Crippen molar-refractivity contribution in [3.05, 3.63) is 48.4 Å². The molecule has 0 saturated heterocycles. The number of aromatic amines is 1. The van der Waals surface area contributed by atoms with Crippen LogP contribution in [-0.2, 0) is 5.54 Å². The summed E-state index contributed by atoms with van der Waals surface area (Å²) in [5.74, 6) is -0.0310. The van der Waals surface area contributed by atoms with Gasteiger partial charge in [-0.1, -0.05) is 0 Å². The van der Waals surface area contributed by atoms with E-state index < -0.39 is 5.54 Å². The fraction of sp³-hybridized carbons (Fsp3) is 0.273. The topological polar surface area (TPSA) is 120 Å². The zero-order valence-electron chi connectivity index (χ0n) is 16.4. The van der Waals surface area contributed by atoms with Gasteiger partial charge in [-0.25, -0.2) is 4.98 Å². The molecule has 5 rings (SSSR count). The van der Waals surface area contributed by atoms with E-state index in [1.807, 2.05) is 41.9 Å². The maximum Gasteiger partial charge on any atom is 0.112 e. The number of nitriles is 2. The molecule has 0 unspecified atom stereocenters. The average Bonchev–Trinajstić information content (AvgIpc) is 3.40. The normalized spacial score (nSPS) is 20.4. The van der Waals surface area contributed by atoms with Gasteiger partial charge in [-0.2, -0.15) is 20.7 Å². The maximum atomic E-state index is 9.38. The first-order valence-electron chi connectivity index (χ1n) is 9.73. The Bertz CT molecular complexity index is 1310. The molecule has 0 aromatic carbocycles. The van der Waals surface area contributed by atoms with Crippen molar-refractivity contribution in [3.8, 4) is 34.9 Å². The number of nitrogens with one attached hydrogen (secondary N) is 1. The largest absolute Gasteiger partial charge is 0.285 e. The molecule has 1 saturated carbocycles. The molecule has 8 heteroatoms. The first-order chi connectivity index (χ1) is 14.6. The van der Waals surface area contributed by atoms with Crippen LogP contribution in [0, 0.1) is 35.5 Å². The number of aromatic nitrogens is 6. The SMILES string of the molecule is Cc1cc(-c2nc(-c3cc[nH]n3)cc3ncccc23)nn1[C@]1(CC#N)C[C@@H](C#N)C1. The van der Waals surface area contributed by atoms with Crippen LogP contribution in [-0.4, -0.2) is 29.9 Å². The van der Waals surface area contributed by atoms with Gasteiger partial charge < -0.3 is 0 Å². The van der Waals surface area contributed by atoms with Crippen LogP contribution in [0.3, 0.4) is 0 Å². The lowest BCUT2D eigenvalue weighted by Crippen LogP contribution is -2.46. The molecule has 0 spiro atoms. The number of aryl methyl sites for hydroxylation is 1. The highest BCUT2D eigenvalue weighted by Gasteiger charge is 2.47. The number of pyridine rings is 2. The minimum atomic E-state index is -0.425. The molecule has 0 bridgehead atoms. The highest BCUT2D eigenvalue weighted by Crippen LogP contribution is 2.47.